The minimum absolute atomic E-state index is 0.0440. The number of aromatic carboxylic acids is 1. The molecule has 2 saturated heterocycles. The summed E-state index contributed by atoms with van der Waals surface area (Å²) in [4.78, 5) is 32.1. The summed E-state index contributed by atoms with van der Waals surface area (Å²) in [7, 11) is 0. The van der Waals surface area contributed by atoms with Crippen LogP contribution in [0.25, 0.3) is 21.5 Å². The first-order valence-electron chi connectivity index (χ1n) is 14.7. The van der Waals surface area contributed by atoms with E-state index in [1.54, 1.807) is 29.2 Å². The second kappa shape index (κ2) is 11.0. The SMILES string of the molecule is O=C(O)c1cc(O[C@@H]2CCOC2)c2nc(N3C(=O)[C@@H]4C[C@H]3C[C@H]4OCc3c(-c4c(Cl)cccc4Cl)noc3C3CC3)sc2c1. The number of halogens is 2. The smallest absolute Gasteiger partial charge is 0.335 e. The monoisotopic (exact) mass is 655 g/mol. The molecule has 2 aromatic carbocycles. The molecule has 4 aliphatic rings. The van der Waals surface area contributed by atoms with Gasteiger partial charge in [0.25, 0.3) is 0 Å². The number of carboxylic acid groups (broad SMARTS) is 1. The zero-order valence-corrected chi connectivity index (χ0v) is 25.7. The molecule has 2 aromatic heterocycles. The van der Waals surface area contributed by atoms with E-state index in [9.17, 15) is 14.7 Å². The molecule has 2 aliphatic carbocycles. The molecule has 4 aromatic rings. The van der Waals surface area contributed by atoms with Crippen molar-refractivity contribution in [2.24, 2.45) is 5.92 Å². The van der Waals surface area contributed by atoms with Gasteiger partial charge in [0, 0.05) is 29.5 Å². The number of thiazole rings is 1. The highest BCUT2D eigenvalue weighted by molar-refractivity contribution is 7.22. The van der Waals surface area contributed by atoms with Crippen molar-refractivity contribution in [2.75, 3.05) is 18.1 Å². The Bertz CT molecular complexity index is 1780. The van der Waals surface area contributed by atoms with E-state index in [2.05, 4.69) is 5.16 Å². The lowest BCUT2D eigenvalue weighted by molar-refractivity contribution is -0.126. The fourth-order valence-corrected chi connectivity index (χ4v) is 8.24. The Morgan fingerprint density at radius 3 is 2.68 bits per heavy atom. The molecule has 44 heavy (non-hydrogen) atoms. The van der Waals surface area contributed by atoms with Crippen LogP contribution < -0.4 is 9.64 Å². The molecule has 2 saturated carbocycles. The summed E-state index contributed by atoms with van der Waals surface area (Å²) in [5.41, 5.74) is 2.69. The van der Waals surface area contributed by atoms with Crippen LogP contribution in [0.4, 0.5) is 5.13 Å². The van der Waals surface area contributed by atoms with E-state index in [4.69, 9.17) is 46.9 Å². The number of carbonyl (C=O) groups is 2. The van der Waals surface area contributed by atoms with Crippen LogP contribution in [0.3, 0.4) is 0 Å². The Balaban J connectivity index is 1.03. The van der Waals surface area contributed by atoms with Crippen LogP contribution in [0.15, 0.2) is 34.9 Å². The number of benzene rings is 2. The van der Waals surface area contributed by atoms with Crippen molar-refractivity contribution in [3.63, 3.8) is 0 Å². The summed E-state index contributed by atoms with van der Waals surface area (Å²) >= 11 is 14.3. The Hall–Kier alpha value is -3.22. The average Bonchev–Trinajstić information content (AvgIpc) is 3.44. The molecule has 1 amide bonds. The van der Waals surface area contributed by atoms with E-state index in [1.165, 1.54) is 17.4 Å². The largest absolute Gasteiger partial charge is 0.486 e. The lowest BCUT2D eigenvalue weighted by Gasteiger charge is -2.29. The standard InChI is InChI=1S/C31H27Cl2N3O7S/c32-20-2-1-3-21(33)25(20)26-19(28(43-35-26)14-4-5-14)13-41-22-11-16-10-18(22)29(37)36(16)31-34-27-23(42-17-6-7-40-12-17)8-15(30(38)39)9-24(27)44-31/h1-3,8-9,14,16-18,22H,4-7,10-13H2,(H,38,39)/t16-,17+,18+,22+/m0/s1. The summed E-state index contributed by atoms with van der Waals surface area (Å²) in [5.74, 6) is 0.0735. The molecule has 0 radical (unpaired) electrons. The van der Waals surface area contributed by atoms with E-state index < -0.39 is 5.97 Å². The van der Waals surface area contributed by atoms with Crippen LogP contribution in [0, 0.1) is 5.92 Å². The van der Waals surface area contributed by atoms with Gasteiger partial charge in [0.05, 0.1) is 52.2 Å². The maximum atomic E-state index is 13.7. The number of amides is 1. The highest BCUT2D eigenvalue weighted by Crippen LogP contribution is 2.49. The highest BCUT2D eigenvalue weighted by atomic mass is 35.5. The number of carbonyl (C=O) groups excluding carboxylic acids is 1. The third-order valence-corrected chi connectivity index (χ3v) is 10.5. The number of hydrogen-bond acceptors (Lipinski definition) is 9. The molecule has 0 unspecified atom stereocenters. The van der Waals surface area contributed by atoms with E-state index >= 15 is 0 Å². The van der Waals surface area contributed by atoms with E-state index in [-0.39, 0.29) is 42.2 Å². The molecule has 228 valence electrons. The van der Waals surface area contributed by atoms with Gasteiger partial charge in [-0.2, -0.15) is 0 Å². The zero-order chi connectivity index (χ0) is 30.1. The van der Waals surface area contributed by atoms with Crippen LogP contribution in [0.1, 0.15) is 59.7 Å². The van der Waals surface area contributed by atoms with Crippen LogP contribution >= 0.6 is 34.5 Å². The van der Waals surface area contributed by atoms with Crippen molar-refractivity contribution in [2.45, 2.75) is 62.9 Å². The van der Waals surface area contributed by atoms with Crippen molar-refractivity contribution < 1.29 is 33.4 Å². The topological polar surface area (TPSA) is 124 Å². The van der Waals surface area contributed by atoms with Crippen molar-refractivity contribution >= 4 is 61.8 Å². The summed E-state index contributed by atoms with van der Waals surface area (Å²) < 4.78 is 24.4. The molecule has 4 heterocycles. The third kappa shape index (κ3) is 4.85. The van der Waals surface area contributed by atoms with Gasteiger partial charge < -0.3 is 23.8 Å². The van der Waals surface area contributed by atoms with Gasteiger partial charge in [-0.05, 0) is 49.9 Å². The van der Waals surface area contributed by atoms with Gasteiger partial charge in [-0.25, -0.2) is 9.78 Å². The second-order valence-corrected chi connectivity index (χ2v) is 13.6. The predicted molar refractivity (Wildman–Crippen MR) is 163 cm³/mol. The first-order chi connectivity index (χ1) is 21.4. The first-order valence-corrected chi connectivity index (χ1v) is 16.2. The number of nitrogens with zero attached hydrogens (tertiary/aromatic N) is 3. The second-order valence-electron chi connectivity index (χ2n) is 11.8. The molecule has 4 atom stereocenters. The number of carboxylic acids is 1. The van der Waals surface area contributed by atoms with Gasteiger partial charge in [0.15, 0.2) is 5.13 Å². The summed E-state index contributed by atoms with van der Waals surface area (Å²) in [6.07, 6.45) is 3.64. The van der Waals surface area contributed by atoms with Gasteiger partial charge >= 0.3 is 5.97 Å². The minimum atomic E-state index is -1.05. The minimum Gasteiger partial charge on any atom is -0.486 e. The molecule has 10 nitrogen and oxygen atoms in total. The fraction of sp³-hybridized carbons (Fsp3) is 0.419. The van der Waals surface area contributed by atoms with Crippen molar-refractivity contribution in [3.05, 3.63) is 57.3 Å². The summed E-state index contributed by atoms with van der Waals surface area (Å²) in [6, 6.07) is 8.33. The lowest BCUT2D eigenvalue weighted by atomic mass is 10.0. The number of ether oxygens (including phenoxy) is 3. The summed E-state index contributed by atoms with van der Waals surface area (Å²) in [5, 5.41) is 15.5. The Morgan fingerprint density at radius 1 is 1.16 bits per heavy atom. The van der Waals surface area contributed by atoms with Gasteiger partial charge in [0.1, 0.15) is 28.8 Å². The molecule has 2 aliphatic heterocycles. The maximum absolute atomic E-state index is 13.7. The molecule has 8 rings (SSSR count). The van der Waals surface area contributed by atoms with Gasteiger partial charge in [-0.1, -0.05) is 45.8 Å². The molecule has 0 spiro atoms. The van der Waals surface area contributed by atoms with Crippen LogP contribution in [0.2, 0.25) is 10.0 Å². The number of piperidine rings is 1. The van der Waals surface area contributed by atoms with Crippen molar-refractivity contribution in [1.82, 2.24) is 10.1 Å². The van der Waals surface area contributed by atoms with Crippen LogP contribution in [-0.2, 0) is 20.9 Å². The normalized spacial score (nSPS) is 24.6. The molecule has 1 N–H and O–H groups in total. The lowest BCUT2D eigenvalue weighted by Crippen LogP contribution is -2.43. The van der Waals surface area contributed by atoms with Gasteiger partial charge in [-0.3, -0.25) is 9.69 Å². The van der Waals surface area contributed by atoms with E-state index in [0.717, 1.165) is 30.6 Å². The Morgan fingerprint density at radius 2 is 1.98 bits per heavy atom. The number of anilines is 1. The third-order valence-electron chi connectivity index (χ3n) is 8.89. The van der Waals surface area contributed by atoms with Crippen LogP contribution in [-0.4, -0.2) is 58.6 Å². The van der Waals surface area contributed by atoms with Crippen molar-refractivity contribution in [3.8, 4) is 17.0 Å². The van der Waals surface area contributed by atoms with Crippen LogP contribution in [0.5, 0.6) is 5.75 Å². The Kier molecular flexibility index (Phi) is 7.06. The number of rotatable bonds is 9. The Labute approximate surface area is 265 Å². The quantitative estimate of drug-likeness (QED) is 0.209. The molecular weight excluding hydrogens is 629 g/mol. The van der Waals surface area contributed by atoms with Gasteiger partial charge in [-0.15, -0.1) is 0 Å². The molecule has 13 heteroatoms. The first kappa shape index (κ1) is 28.3. The van der Waals surface area contributed by atoms with Gasteiger partial charge in [0.2, 0.25) is 5.91 Å². The molecular formula is C31H27Cl2N3O7S. The maximum Gasteiger partial charge on any atom is 0.335 e. The average molecular weight is 657 g/mol. The van der Waals surface area contributed by atoms with E-state index in [0.29, 0.717) is 74.4 Å². The molecule has 2 bridgehead atoms. The number of fused-ring (bicyclic) bond motifs is 3. The predicted octanol–water partition coefficient (Wildman–Crippen LogP) is 6.71. The zero-order valence-electron chi connectivity index (χ0n) is 23.3. The number of aromatic nitrogens is 2. The molecule has 4 fully saturated rings. The number of hydrogen-bond donors (Lipinski definition) is 1. The van der Waals surface area contributed by atoms with Crippen molar-refractivity contribution in [1.29, 1.82) is 0 Å². The van der Waals surface area contributed by atoms with E-state index in [1.807, 2.05) is 0 Å². The highest BCUT2D eigenvalue weighted by Gasteiger charge is 2.53. The fourth-order valence-electron chi connectivity index (χ4n) is 6.56. The summed E-state index contributed by atoms with van der Waals surface area (Å²) in [6.45, 7) is 1.27.